The fraction of sp³-hybridized carbons (Fsp3) is 0.500. The molecule has 1 aromatic rings. The average molecular weight is 328 g/mol. The van der Waals surface area contributed by atoms with Gasteiger partial charge in [0.1, 0.15) is 5.82 Å². The summed E-state index contributed by atoms with van der Waals surface area (Å²) in [6.07, 6.45) is -4.67. The molecule has 18 heavy (non-hydrogen) atoms. The lowest BCUT2D eigenvalue weighted by molar-refractivity contribution is -0.136. The first-order chi connectivity index (χ1) is 8.31. The van der Waals surface area contributed by atoms with Crippen LogP contribution >= 0.6 is 15.9 Å². The third kappa shape index (κ3) is 5.35. The Hall–Kier alpha value is -0.620. The van der Waals surface area contributed by atoms with Crippen molar-refractivity contribution in [2.75, 3.05) is 7.05 Å². The summed E-state index contributed by atoms with van der Waals surface area (Å²) >= 11 is 3.26. The third-order valence-corrected chi connectivity index (χ3v) is 3.43. The molecule has 1 atom stereocenters. The van der Waals surface area contributed by atoms with E-state index in [-0.39, 0.29) is 18.3 Å². The number of halogens is 5. The largest absolute Gasteiger partial charge is 0.389 e. The number of rotatable bonds is 5. The lowest BCUT2D eigenvalue weighted by atomic mass is 10.0. The minimum absolute atomic E-state index is 0.0248. The van der Waals surface area contributed by atoms with Gasteiger partial charge in [0, 0.05) is 16.9 Å². The van der Waals surface area contributed by atoms with Gasteiger partial charge < -0.3 is 5.32 Å². The molecule has 0 aliphatic rings. The van der Waals surface area contributed by atoms with Crippen molar-refractivity contribution in [1.29, 1.82) is 0 Å². The summed E-state index contributed by atoms with van der Waals surface area (Å²) in [5.74, 6) is -0.390. The Morgan fingerprint density at radius 3 is 2.56 bits per heavy atom. The van der Waals surface area contributed by atoms with E-state index in [1.807, 2.05) is 0 Å². The fourth-order valence-corrected chi connectivity index (χ4v) is 2.06. The summed E-state index contributed by atoms with van der Waals surface area (Å²) < 4.78 is 50.2. The van der Waals surface area contributed by atoms with E-state index in [1.54, 1.807) is 13.1 Å². The molecule has 0 bridgehead atoms. The summed E-state index contributed by atoms with van der Waals surface area (Å²) in [4.78, 5) is 0. The zero-order chi connectivity index (χ0) is 13.8. The normalized spacial score (nSPS) is 13.7. The number of benzene rings is 1. The molecule has 1 N–H and O–H groups in total. The van der Waals surface area contributed by atoms with Gasteiger partial charge in [-0.1, -0.05) is 15.9 Å². The molecule has 1 nitrogen and oxygen atoms in total. The predicted octanol–water partition coefficient (Wildman–Crippen LogP) is 4.06. The summed E-state index contributed by atoms with van der Waals surface area (Å²) in [7, 11) is 1.61. The number of likely N-dealkylation sites (N-methyl/N-ethyl adjacent to an activating group) is 1. The SMILES string of the molecule is CNC(CCC(F)(F)F)Cc1cc(F)ccc1Br. The monoisotopic (exact) mass is 327 g/mol. The third-order valence-electron chi connectivity index (χ3n) is 2.66. The molecule has 0 fully saturated rings. The molecule has 1 unspecified atom stereocenters. The number of hydrogen-bond acceptors (Lipinski definition) is 1. The summed E-state index contributed by atoms with van der Waals surface area (Å²) in [6.45, 7) is 0. The van der Waals surface area contributed by atoms with E-state index in [9.17, 15) is 17.6 Å². The van der Waals surface area contributed by atoms with Crippen molar-refractivity contribution in [3.05, 3.63) is 34.1 Å². The highest BCUT2D eigenvalue weighted by atomic mass is 79.9. The van der Waals surface area contributed by atoms with Gasteiger partial charge >= 0.3 is 6.18 Å². The van der Waals surface area contributed by atoms with Crippen LogP contribution in [0.5, 0.6) is 0 Å². The predicted molar refractivity (Wildman–Crippen MR) is 65.9 cm³/mol. The second-order valence-corrected chi connectivity index (χ2v) is 4.93. The average Bonchev–Trinajstić information content (AvgIpc) is 2.27. The topological polar surface area (TPSA) is 12.0 Å². The maximum atomic E-state index is 13.1. The van der Waals surface area contributed by atoms with Crippen LogP contribution in [0, 0.1) is 5.82 Å². The standard InChI is InChI=1S/C12H14BrF4N/c1-18-10(4-5-12(15,16)17)7-8-6-9(14)2-3-11(8)13/h2-3,6,10,18H,4-5,7H2,1H3. The fourth-order valence-electron chi connectivity index (χ4n) is 1.65. The zero-order valence-corrected chi connectivity index (χ0v) is 11.4. The Bertz CT molecular complexity index is 392. The maximum Gasteiger partial charge on any atom is 0.389 e. The van der Waals surface area contributed by atoms with Crippen LogP contribution in [0.2, 0.25) is 0 Å². The maximum absolute atomic E-state index is 13.1. The second-order valence-electron chi connectivity index (χ2n) is 4.08. The second kappa shape index (κ2) is 6.52. The quantitative estimate of drug-likeness (QED) is 0.804. The molecule has 0 aliphatic heterocycles. The van der Waals surface area contributed by atoms with Gasteiger partial charge in [-0.25, -0.2) is 4.39 Å². The van der Waals surface area contributed by atoms with Crippen molar-refractivity contribution in [3.8, 4) is 0 Å². The Morgan fingerprint density at radius 1 is 1.33 bits per heavy atom. The zero-order valence-electron chi connectivity index (χ0n) is 9.82. The molecular weight excluding hydrogens is 314 g/mol. The van der Waals surface area contributed by atoms with Gasteiger partial charge in [0.15, 0.2) is 0 Å². The van der Waals surface area contributed by atoms with Gasteiger partial charge in [-0.05, 0) is 43.7 Å². The molecule has 0 heterocycles. The first kappa shape index (κ1) is 15.4. The molecule has 102 valence electrons. The molecule has 0 aromatic heterocycles. The van der Waals surface area contributed by atoms with Crippen molar-refractivity contribution in [1.82, 2.24) is 5.32 Å². The Balaban J connectivity index is 2.65. The smallest absolute Gasteiger partial charge is 0.317 e. The molecule has 0 spiro atoms. The molecule has 1 rings (SSSR count). The summed E-state index contributed by atoms with van der Waals surface area (Å²) in [5.41, 5.74) is 0.663. The van der Waals surface area contributed by atoms with Crippen molar-refractivity contribution >= 4 is 15.9 Å². The van der Waals surface area contributed by atoms with Crippen molar-refractivity contribution in [3.63, 3.8) is 0 Å². The Labute approximate surface area is 112 Å². The molecule has 0 aliphatic carbocycles. The molecule has 6 heteroatoms. The van der Waals surface area contributed by atoms with E-state index in [1.165, 1.54) is 12.1 Å². The van der Waals surface area contributed by atoms with Gasteiger partial charge in [-0.15, -0.1) is 0 Å². The van der Waals surface area contributed by atoms with Gasteiger partial charge in [0.2, 0.25) is 0 Å². The van der Waals surface area contributed by atoms with Crippen LogP contribution in [-0.2, 0) is 6.42 Å². The number of alkyl halides is 3. The van der Waals surface area contributed by atoms with E-state index in [4.69, 9.17) is 0 Å². The molecule has 0 saturated carbocycles. The first-order valence-electron chi connectivity index (χ1n) is 5.50. The van der Waals surface area contributed by atoms with E-state index in [2.05, 4.69) is 21.2 Å². The van der Waals surface area contributed by atoms with E-state index >= 15 is 0 Å². The van der Waals surface area contributed by atoms with Crippen molar-refractivity contribution in [2.45, 2.75) is 31.5 Å². The molecular formula is C12H14BrF4N. The van der Waals surface area contributed by atoms with Crippen LogP contribution < -0.4 is 5.32 Å². The van der Waals surface area contributed by atoms with Crippen LogP contribution in [0.1, 0.15) is 18.4 Å². The molecule has 0 radical (unpaired) electrons. The van der Waals surface area contributed by atoms with Crippen molar-refractivity contribution in [2.24, 2.45) is 0 Å². The summed E-state index contributed by atoms with van der Waals surface area (Å²) in [5, 5.41) is 2.83. The highest BCUT2D eigenvalue weighted by Gasteiger charge is 2.28. The minimum Gasteiger partial charge on any atom is -0.317 e. The van der Waals surface area contributed by atoms with Crippen LogP contribution in [0.4, 0.5) is 17.6 Å². The first-order valence-corrected chi connectivity index (χ1v) is 6.29. The summed E-state index contributed by atoms with van der Waals surface area (Å²) in [6, 6.07) is 3.87. The van der Waals surface area contributed by atoms with Crippen LogP contribution in [0.25, 0.3) is 0 Å². The number of nitrogens with one attached hydrogen (secondary N) is 1. The molecule has 0 amide bonds. The lowest BCUT2D eigenvalue weighted by Crippen LogP contribution is -2.29. The minimum atomic E-state index is -4.16. The number of hydrogen-bond donors (Lipinski definition) is 1. The highest BCUT2D eigenvalue weighted by molar-refractivity contribution is 9.10. The van der Waals surface area contributed by atoms with E-state index in [0.29, 0.717) is 16.5 Å². The van der Waals surface area contributed by atoms with E-state index in [0.717, 1.165) is 0 Å². The van der Waals surface area contributed by atoms with Crippen LogP contribution in [0.15, 0.2) is 22.7 Å². The molecule has 1 aromatic carbocycles. The van der Waals surface area contributed by atoms with Crippen LogP contribution in [0.3, 0.4) is 0 Å². The lowest BCUT2D eigenvalue weighted by Gasteiger charge is -2.18. The van der Waals surface area contributed by atoms with Crippen LogP contribution in [-0.4, -0.2) is 19.3 Å². The van der Waals surface area contributed by atoms with Gasteiger partial charge in [0.05, 0.1) is 0 Å². The molecule has 0 saturated heterocycles. The van der Waals surface area contributed by atoms with Gasteiger partial charge in [-0.2, -0.15) is 13.2 Å². The van der Waals surface area contributed by atoms with Gasteiger partial charge in [0.25, 0.3) is 0 Å². The Kier molecular flexibility index (Phi) is 5.59. The van der Waals surface area contributed by atoms with Gasteiger partial charge in [-0.3, -0.25) is 0 Å². The highest BCUT2D eigenvalue weighted by Crippen LogP contribution is 2.25. The van der Waals surface area contributed by atoms with Crippen molar-refractivity contribution < 1.29 is 17.6 Å². The Morgan fingerprint density at radius 2 is 2.00 bits per heavy atom. The van der Waals surface area contributed by atoms with E-state index < -0.39 is 12.6 Å².